The van der Waals surface area contributed by atoms with Crippen molar-refractivity contribution in [2.45, 2.75) is 25.8 Å². The van der Waals surface area contributed by atoms with Crippen LogP contribution in [-0.2, 0) is 11.3 Å². The van der Waals surface area contributed by atoms with E-state index in [4.69, 9.17) is 5.11 Å². The largest absolute Gasteiger partial charge is 0.481 e. The Hall–Kier alpha value is -2.11. The summed E-state index contributed by atoms with van der Waals surface area (Å²) in [4.78, 5) is 25.7. The molecule has 18 heavy (non-hydrogen) atoms. The molecular weight excluding hydrogens is 234 g/mol. The van der Waals surface area contributed by atoms with Gasteiger partial charge in [0.05, 0.1) is 12.2 Å². The van der Waals surface area contributed by atoms with E-state index in [1.54, 1.807) is 6.20 Å². The number of nitrogens with one attached hydrogen (secondary N) is 2. The number of hydrogen-bond donors (Lipinski definition) is 3. The van der Waals surface area contributed by atoms with Crippen molar-refractivity contribution in [1.29, 1.82) is 0 Å². The molecule has 1 aromatic rings. The maximum absolute atomic E-state index is 11.3. The van der Waals surface area contributed by atoms with Crippen molar-refractivity contribution in [1.82, 2.24) is 15.6 Å². The normalized spacial score (nSPS) is 9.78. The zero-order valence-corrected chi connectivity index (χ0v) is 10.1. The first-order valence-electron chi connectivity index (χ1n) is 5.82. The highest BCUT2D eigenvalue weighted by atomic mass is 16.4. The van der Waals surface area contributed by atoms with E-state index in [0.29, 0.717) is 25.9 Å². The van der Waals surface area contributed by atoms with E-state index >= 15 is 0 Å². The number of amides is 2. The molecule has 0 aliphatic carbocycles. The van der Waals surface area contributed by atoms with Crippen molar-refractivity contribution in [3.05, 3.63) is 30.1 Å². The first-order valence-corrected chi connectivity index (χ1v) is 5.82. The van der Waals surface area contributed by atoms with Crippen LogP contribution in [0.4, 0.5) is 4.79 Å². The number of carbonyl (C=O) groups is 2. The Balaban J connectivity index is 2.06. The van der Waals surface area contributed by atoms with Crippen LogP contribution in [0.5, 0.6) is 0 Å². The molecule has 0 saturated carbocycles. The number of urea groups is 1. The molecule has 0 radical (unpaired) electrons. The van der Waals surface area contributed by atoms with Gasteiger partial charge >= 0.3 is 12.0 Å². The van der Waals surface area contributed by atoms with Crippen molar-refractivity contribution in [3.63, 3.8) is 0 Å². The molecule has 2 amide bonds. The summed E-state index contributed by atoms with van der Waals surface area (Å²) >= 11 is 0. The van der Waals surface area contributed by atoms with Gasteiger partial charge in [-0.25, -0.2) is 4.79 Å². The molecule has 0 spiro atoms. The third-order valence-corrected chi connectivity index (χ3v) is 2.26. The first-order chi connectivity index (χ1) is 8.68. The van der Waals surface area contributed by atoms with Crippen LogP contribution >= 0.6 is 0 Å². The van der Waals surface area contributed by atoms with Crippen LogP contribution in [0.2, 0.25) is 0 Å². The molecule has 6 nitrogen and oxygen atoms in total. The van der Waals surface area contributed by atoms with Crippen molar-refractivity contribution < 1.29 is 14.7 Å². The summed E-state index contributed by atoms with van der Waals surface area (Å²) in [6.45, 7) is 0.850. The summed E-state index contributed by atoms with van der Waals surface area (Å²) in [6.07, 6.45) is 3.03. The Morgan fingerprint density at radius 3 is 2.72 bits per heavy atom. The fourth-order valence-corrected chi connectivity index (χ4v) is 1.34. The number of nitrogens with zero attached hydrogens (tertiary/aromatic N) is 1. The third-order valence-electron chi connectivity index (χ3n) is 2.26. The van der Waals surface area contributed by atoms with Crippen LogP contribution in [0.3, 0.4) is 0 Å². The maximum Gasteiger partial charge on any atom is 0.315 e. The molecule has 6 heteroatoms. The molecule has 0 aliphatic rings. The average Bonchev–Trinajstić information content (AvgIpc) is 2.37. The van der Waals surface area contributed by atoms with Gasteiger partial charge < -0.3 is 15.7 Å². The fraction of sp³-hybridized carbons (Fsp3) is 0.417. The third kappa shape index (κ3) is 6.47. The molecule has 0 unspecified atom stereocenters. The number of hydrogen-bond acceptors (Lipinski definition) is 3. The Kier molecular flexibility index (Phi) is 6.24. The van der Waals surface area contributed by atoms with Crippen molar-refractivity contribution in [2.75, 3.05) is 6.54 Å². The standard InChI is InChI=1S/C12H17N3O3/c16-11(17)6-2-4-8-14-12(18)15-9-10-5-1-3-7-13-10/h1,3,5,7H,2,4,6,8-9H2,(H,16,17)(H2,14,15,18). The predicted octanol–water partition coefficient (Wildman–Crippen LogP) is 1.14. The highest BCUT2D eigenvalue weighted by Gasteiger charge is 2.01. The van der Waals surface area contributed by atoms with Gasteiger partial charge in [-0.2, -0.15) is 0 Å². The first kappa shape index (κ1) is 14.0. The molecule has 0 fully saturated rings. The molecule has 0 bridgehead atoms. The summed E-state index contributed by atoms with van der Waals surface area (Å²) in [7, 11) is 0. The molecule has 98 valence electrons. The molecule has 0 saturated heterocycles. The molecule has 1 heterocycles. The summed E-state index contributed by atoms with van der Waals surface area (Å²) in [5.41, 5.74) is 0.790. The molecule has 0 aliphatic heterocycles. The Morgan fingerprint density at radius 1 is 1.22 bits per heavy atom. The van der Waals surface area contributed by atoms with Crippen LogP contribution in [0.25, 0.3) is 0 Å². The molecule has 0 atom stereocenters. The van der Waals surface area contributed by atoms with Gasteiger partial charge in [0.1, 0.15) is 0 Å². The summed E-state index contributed by atoms with van der Waals surface area (Å²) in [5, 5.41) is 13.8. The summed E-state index contributed by atoms with van der Waals surface area (Å²) < 4.78 is 0. The van der Waals surface area contributed by atoms with E-state index in [0.717, 1.165) is 5.69 Å². The zero-order chi connectivity index (χ0) is 13.2. The van der Waals surface area contributed by atoms with Crippen LogP contribution in [0.15, 0.2) is 24.4 Å². The quantitative estimate of drug-likeness (QED) is 0.634. The van der Waals surface area contributed by atoms with Crippen LogP contribution in [0.1, 0.15) is 25.0 Å². The molecular formula is C12H17N3O3. The number of aromatic nitrogens is 1. The number of pyridine rings is 1. The highest BCUT2D eigenvalue weighted by molar-refractivity contribution is 5.73. The van der Waals surface area contributed by atoms with Gasteiger partial charge in [-0.05, 0) is 25.0 Å². The Morgan fingerprint density at radius 2 is 2.06 bits per heavy atom. The van der Waals surface area contributed by atoms with Crippen molar-refractivity contribution in [3.8, 4) is 0 Å². The predicted molar refractivity (Wildman–Crippen MR) is 66.0 cm³/mol. The minimum atomic E-state index is -0.811. The number of unbranched alkanes of at least 4 members (excludes halogenated alkanes) is 1. The van der Waals surface area contributed by atoms with Gasteiger partial charge in [0.2, 0.25) is 0 Å². The van der Waals surface area contributed by atoms with Crippen molar-refractivity contribution in [2.24, 2.45) is 0 Å². The molecule has 1 rings (SSSR count). The number of aliphatic carboxylic acids is 1. The van der Waals surface area contributed by atoms with Gasteiger partial charge in [-0.15, -0.1) is 0 Å². The lowest BCUT2D eigenvalue weighted by Gasteiger charge is -2.06. The minimum Gasteiger partial charge on any atom is -0.481 e. The van der Waals surface area contributed by atoms with Gasteiger partial charge in [-0.1, -0.05) is 6.07 Å². The lowest BCUT2D eigenvalue weighted by Crippen LogP contribution is -2.35. The average molecular weight is 251 g/mol. The number of carbonyl (C=O) groups excluding carboxylic acids is 1. The van der Waals surface area contributed by atoms with E-state index in [1.165, 1.54) is 0 Å². The van der Waals surface area contributed by atoms with E-state index in [2.05, 4.69) is 15.6 Å². The molecule has 0 aromatic carbocycles. The van der Waals surface area contributed by atoms with E-state index in [-0.39, 0.29) is 12.5 Å². The topological polar surface area (TPSA) is 91.3 Å². The SMILES string of the molecule is O=C(O)CCCCNC(=O)NCc1ccccn1. The Bertz CT molecular complexity index is 381. The molecule has 3 N–H and O–H groups in total. The monoisotopic (exact) mass is 251 g/mol. The minimum absolute atomic E-state index is 0.136. The second-order valence-corrected chi connectivity index (χ2v) is 3.78. The number of carboxylic acid groups (broad SMARTS) is 1. The number of carboxylic acids is 1. The van der Waals surface area contributed by atoms with Crippen molar-refractivity contribution >= 4 is 12.0 Å². The lowest BCUT2D eigenvalue weighted by molar-refractivity contribution is -0.137. The second-order valence-electron chi connectivity index (χ2n) is 3.78. The smallest absolute Gasteiger partial charge is 0.315 e. The zero-order valence-electron chi connectivity index (χ0n) is 10.1. The van der Waals surface area contributed by atoms with Gasteiger partial charge in [-0.3, -0.25) is 9.78 Å². The number of rotatable bonds is 7. The van der Waals surface area contributed by atoms with Crippen LogP contribution < -0.4 is 10.6 Å². The van der Waals surface area contributed by atoms with Crippen LogP contribution in [0, 0.1) is 0 Å². The van der Waals surface area contributed by atoms with Gasteiger partial charge in [0, 0.05) is 19.2 Å². The van der Waals surface area contributed by atoms with E-state index in [9.17, 15) is 9.59 Å². The van der Waals surface area contributed by atoms with Gasteiger partial charge in [0.15, 0.2) is 0 Å². The molecule has 1 aromatic heterocycles. The second kappa shape index (κ2) is 8.05. The van der Waals surface area contributed by atoms with E-state index in [1.807, 2.05) is 18.2 Å². The van der Waals surface area contributed by atoms with E-state index < -0.39 is 5.97 Å². The summed E-state index contributed by atoms with van der Waals surface area (Å²) in [6, 6.07) is 5.23. The fourth-order valence-electron chi connectivity index (χ4n) is 1.34. The van der Waals surface area contributed by atoms with Crippen LogP contribution in [-0.4, -0.2) is 28.6 Å². The highest BCUT2D eigenvalue weighted by Crippen LogP contribution is 1.94. The van der Waals surface area contributed by atoms with Gasteiger partial charge in [0.25, 0.3) is 0 Å². The lowest BCUT2D eigenvalue weighted by atomic mass is 10.2. The summed E-state index contributed by atoms with van der Waals surface area (Å²) in [5.74, 6) is -0.811. The Labute approximate surface area is 105 Å². The maximum atomic E-state index is 11.3.